The van der Waals surface area contributed by atoms with Crippen LogP contribution < -0.4 is 10.2 Å². The van der Waals surface area contributed by atoms with Gasteiger partial charge in [-0.05, 0) is 38.0 Å². The van der Waals surface area contributed by atoms with E-state index in [-0.39, 0.29) is 6.04 Å². The Labute approximate surface area is 151 Å². The molecule has 0 spiro atoms. The lowest BCUT2D eigenvalue weighted by Gasteiger charge is -2.33. The van der Waals surface area contributed by atoms with E-state index >= 15 is 0 Å². The van der Waals surface area contributed by atoms with Crippen LogP contribution >= 0.6 is 0 Å². The minimum atomic E-state index is 0.00242. The van der Waals surface area contributed by atoms with E-state index in [0.29, 0.717) is 17.8 Å². The van der Waals surface area contributed by atoms with E-state index in [4.69, 9.17) is 4.52 Å². The maximum Gasteiger partial charge on any atom is 0.243 e. The van der Waals surface area contributed by atoms with E-state index in [0.717, 1.165) is 37.4 Å². The van der Waals surface area contributed by atoms with Crippen LogP contribution in [0.4, 0.5) is 5.95 Å². The first kappa shape index (κ1) is 16.6. The molecule has 8 heteroatoms. The van der Waals surface area contributed by atoms with Crippen molar-refractivity contribution in [2.24, 2.45) is 0 Å². The van der Waals surface area contributed by atoms with Gasteiger partial charge in [0.2, 0.25) is 17.7 Å². The minimum absolute atomic E-state index is 0.00242. The molecule has 0 amide bonds. The van der Waals surface area contributed by atoms with Crippen molar-refractivity contribution in [1.29, 1.82) is 0 Å². The fraction of sp³-hybridized carbons (Fsp3) is 0.389. The third-order valence-corrected chi connectivity index (χ3v) is 4.57. The number of nitrogens with one attached hydrogen (secondary N) is 1. The Balaban J connectivity index is 1.33. The molecule has 1 atom stereocenters. The Hall–Kier alpha value is -2.87. The summed E-state index contributed by atoms with van der Waals surface area (Å²) in [6.45, 7) is 3.91. The van der Waals surface area contributed by atoms with Crippen LogP contribution in [0.25, 0.3) is 11.4 Å². The van der Waals surface area contributed by atoms with Gasteiger partial charge in [-0.25, -0.2) is 9.97 Å². The normalized spacial score (nSPS) is 16.6. The molecule has 1 unspecified atom stereocenters. The maximum absolute atomic E-state index is 5.44. The lowest BCUT2D eigenvalue weighted by molar-refractivity contribution is 0.305. The SMILES string of the molecule is CC(NC1CCN(c2ncccn2)CC1)c1nc(-c2ccncc2)no1. The molecule has 3 aromatic rings. The Bertz CT molecular complexity index is 816. The number of pyridine rings is 1. The highest BCUT2D eigenvalue weighted by molar-refractivity contribution is 5.52. The summed E-state index contributed by atoms with van der Waals surface area (Å²) in [6, 6.07) is 5.98. The first-order chi connectivity index (χ1) is 12.8. The Kier molecular flexibility index (Phi) is 4.83. The van der Waals surface area contributed by atoms with Gasteiger partial charge < -0.3 is 14.7 Å². The Morgan fingerprint density at radius 1 is 1.12 bits per heavy atom. The van der Waals surface area contributed by atoms with E-state index in [1.165, 1.54) is 0 Å². The molecule has 0 aromatic carbocycles. The first-order valence-electron chi connectivity index (χ1n) is 8.81. The van der Waals surface area contributed by atoms with E-state index in [1.54, 1.807) is 24.8 Å². The number of piperidine rings is 1. The molecule has 0 radical (unpaired) electrons. The molecule has 4 heterocycles. The zero-order chi connectivity index (χ0) is 17.8. The lowest BCUT2D eigenvalue weighted by Crippen LogP contribution is -2.43. The Morgan fingerprint density at radius 3 is 2.58 bits per heavy atom. The monoisotopic (exact) mass is 351 g/mol. The van der Waals surface area contributed by atoms with Gasteiger partial charge in [0.25, 0.3) is 0 Å². The van der Waals surface area contributed by atoms with Gasteiger partial charge >= 0.3 is 0 Å². The fourth-order valence-electron chi connectivity index (χ4n) is 3.15. The molecule has 0 aliphatic carbocycles. The van der Waals surface area contributed by atoms with Crippen molar-refractivity contribution in [3.05, 3.63) is 48.9 Å². The molecule has 1 fully saturated rings. The largest absolute Gasteiger partial charge is 0.341 e. The number of hydrogen-bond acceptors (Lipinski definition) is 8. The first-order valence-corrected chi connectivity index (χ1v) is 8.81. The van der Waals surface area contributed by atoms with E-state index in [9.17, 15) is 0 Å². The second-order valence-electron chi connectivity index (χ2n) is 6.39. The standard InChI is InChI=1S/C18H21N7O/c1-13(17-23-16(24-26-17)14-3-9-19-10-4-14)22-15-5-11-25(12-6-15)18-20-7-2-8-21-18/h2-4,7-10,13,15,22H,5-6,11-12H2,1H3. The van der Waals surface area contributed by atoms with Crippen molar-refractivity contribution in [3.8, 4) is 11.4 Å². The molecule has 26 heavy (non-hydrogen) atoms. The molecular formula is C18H21N7O. The maximum atomic E-state index is 5.44. The summed E-state index contributed by atoms with van der Waals surface area (Å²) in [5, 5.41) is 7.67. The molecule has 3 aromatic heterocycles. The number of nitrogens with zero attached hydrogens (tertiary/aromatic N) is 6. The Morgan fingerprint density at radius 2 is 1.85 bits per heavy atom. The summed E-state index contributed by atoms with van der Waals surface area (Å²) in [7, 11) is 0. The average molecular weight is 351 g/mol. The second-order valence-corrected chi connectivity index (χ2v) is 6.39. The quantitative estimate of drug-likeness (QED) is 0.748. The van der Waals surface area contributed by atoms with Crippen molar-refractivity contribution in [3.63, 3.8) is 0 Å². The number of rotatable bonds is 5. The van der Waals surface area contributed by atoms with Gasteiger partial charge in [0.1, 0.15) is 0 Å². The third kappa shape index (κ3) is 3.70. The molecular weight excluding hydrogens is 330 g/mol. The third-order valence-electron chi connectivity index (χ3n) is 4.57. The highest BCUT2D eigenvalue weighted by Gasteiger charge is 2.24. The predicted octanol–water partition coefficient (Wildman–Crippen LogP) is 2.24. The molecule has 0 bridgehead atoms. The van der Waals surface area contributed by atoms with E-state index < -0.39 is 0 Å². The zero-order valence-electron chi connectivity index (χ0n) is 14.6. The van der Waals surface area contributed by atoms with Crippen molar-refractivity contribution in [2.45, 2.75) is 31.8 Å². The number of hydrogen-bond donors (Lipinski definition) is 1. The van der Waals surface area contributed by atoms with Gasteiger partial charge in [-0.1, -0.05) is 5.16 Å². The zero-order valence-corrected chi connectivity index (χ0v) is 14.6. The summed E-state index contributed by atoms with van der Waals surface area (Å²) in [4.78, 5) is 19.4. The number of anilines is 1. The lowest BCUT2D eigenvalue weighted by atomic mass is 10.0. The fourth-order valence-corrected chi connectivity index (χ4v) is 3.15. The van der Waals surface area contributed by atoms with E-state index in [2.05, 4.69) is 42.2 Å². The van der Waals surface area contributed by atoms with Crippen LogP contribution in [0.2, 0.25) is 0 Å². The highest BCUT2D eigenvalue weighted by Crippen LogP contribution is 2.21. The van der Waals surface area contributed by atoms with Crippen molar-refractivity contribution in [2.75, 3.05) is 18.0 Å². The molecule has 0 saturated carbocycles. The molecule has 1 N–H and O–H groups in total. The smallest absolute Gasteiger partial charge is 0.243 e. The van der Waals surface area contributed by atoms with Gasteiger partial charge in [-0.2, -0.15) is 4.98 Å². The van der Waals surface area contributed by atoms with Crippen LogP contribution in [0.1, 0.15) is 31.7 Å². The summed E-state index contributed by atoms with van der Waals surface area (Å²) in [5.41, 5.74) is 0.901. The van der Waals surface area contributed by atoms with Crippen LogP contribution in [0.5, 0.6) is 0 Å². The van der Waals surface area contributed by atoms with Gasteiger partial charge in [0, 0.05) is 49.5 Å². The van der Waals surface area contributed by atoms with E-state index in [1.807, 2.05) is 18.2 Å². The predicted molar refractivity (Wildman–Crippen MR) is 96.3 cm³/mol. The topological polar surface area (TPSA) is 92.9 Å². The van der Waals surface area contributed by atoms with Crippen LogP contribution in [0, 0.1) is 0 Å². The number of aromatic nitrogens is 5. The van der Waals surface area contributed by atoms with Gasteiger partial charge in [0.15, 0.2) is 0 Å². The molecule has 4 rings (SSSR count). The minimum Gasteiger partial charge on any atom is -0.341 e. The van der Waals surface area contributed by atoms with Crippen molar-refractivity contribution >= 4 is 5.95 Å². The summed E-state index contributed by atoms with van der Waals surface area (Å²) >= 11 is 0. The van der Waals surface area contributed by atoms with Crippen LogP contribution in [0.15, 0.2) is 47.5 Å². The summed E-state index contributed by atoms with van der Waals surface area (Å²) in [6.07, 6.45) is 9.05. The molecule has 8 nitrogen and oxygen atoms in total. The molecule has 1 aliphatic heterocycles. The summed E-state index contributed by atoms with van der Waals surface area (Å²) in [5.74, 6) is 2.00. The van der Waals surface area contributed by atoms with Gasteiger partial charge in [-0.3, -0.25) is 4.98 Å². The van der Waals surface area contributed by atoms with Crippen LogP contribution in [0.3, 0.4) is 0 Å². The average Bonchev–Trinajstić information content (AvgIpc) is 3.20. The molecule has 1 aliphatic rings. The van der Waals surface area contributed by atoms with Gasteiger partial charge in [-0.15, -0.1) is 0 Å². The van der Waals surface area contributed by atoms with Crippen LogP contribution in [-0.4, -0.2) is 44.2 Å². The van der Waals surface area contributed by atoms with Gasteiger partial charge in [0.05, 0.1) is 6.04 Å². The van der Waals surface area contributed by atoms with Crippen LogP contribution in [-0.2, 0) is 0 Å². The van der Waals surface area contributed by atoms with Crippen molar-refractivity contribution < 1.29 is 4.52 Å². The van der Waals surface area contributed by atoms with Crippen molar-refractivity contribution in [1.82, 2.24) is 30.4 Å². The second kappa shape index (κ2) is 7.57. The molecule has 134 valence electrons. The molecule has 1 saturated heterocycles. The highest BCUT2D eigenvalue weighted by atomic mass is 16.5. The summed E-state index contributed by atoms with van der Waals surface area (Å²) < 4.78 is 5.44.